The minimum absolute atomic E-state index is 0.161. The molecular formula is C14H18FN3. The molecule has 0 saturated carbocycles. The molecule has 1 aromatic heterocycles. The van der Waals surface area contributed by atoms with Crippen LogP contribution < -0.4 is 5.32 Å². The fraction of sp³-hybridized carbons (Fsp3) is 0.357. The van der Waals surface area contributed by atoms with Crippen molar-refractivity contribution >= 4 is 0 Å². The molecule has 0 unspecified atom stereocenters. The molecule has 0 spiro atoms. The zero-order valence-corrected chi connectivity index (χ0v) is 10.8. The van der Waals surface area contributed by atoms with Crippen LogP contribution in [0.25, 0.3) is 0 Å². The molecule has 3 nitrogen and oxygen atoms in total. The van der Waals surface area contributed by atoms with Crippen molar-refractivity contribution in [1.82, 2.24) is 14.9 Å². The van der Waals surface area contributed by atoms with Gasteiger partial charge in [-0.15, -0.1) is 0 Å². The molecule has 1 N–H and O–H groups in total. The van der Waals surface area contributed by atoms with Crippen molar-refractivity contribution in [2.24, 2.45) is 0 Å². The second-order valence-corrected chi connectivity index (χ2v) is 4.28. The van der Waals surface area contributed by atoms with Gasteiger partial charge in [0.15, 0.2) is 0 Å². The van der Waals surface area contributed by atoms with Gasteiger partial charge in [-0.05, 0) is 24.7 Å². The van der Waals surface area contributed by atoms with E-state index in [1.54, 1.807) is 6.20 Å². The van der Waals surface area contributed by atoms with E-state index in [0.717, 1.165) is 24.4 Å². The van der Waals surface area contributed by atoms with Gasteiger partial charge in [0.25, 0.3) is 0 Å². The maximum absolute atomic E-state index is 13.8. The van der Waals surface area contributed by atoms with Gasteiger partial charge in [-0.1, -0.05) is 13.0 Å². The average molecular weight is 247 g/mol. The van der Waals surface area contributed by atoms with Crippen molar-refractivity contribution in [3.05, 3.63) is 53.4 Å². The van der Waals surface area contributed by atoms with E-state index >= 15 is 0 Å². The molecule has 0 bridgehead atoms. The minimum Gasteiger partial charge on any atom is -0.330 e. The van der Waals surface area contributed by atoms with Gasteiger partial charge in [0.2, 0.25) is 0 Å². The van der Waals surface area contributed by atoms with Crippen molar-refractivity contribution in [2.45, 2.75) is 26.4 Å². The predicted molar refractivity (Wildman–Crippen MR) is 69.9 cm³/mol. The van der Waals surface area contributed by atoms with Crippen molar-refractivity contribution < 1.29 is 4.39 Å². The molecular weight excluding hydrogens is 229 g/mol. The Kier molecular flexibility index (Phi) is 4.10. The molecule has 0 saturated heterocycles. The summed E-state index contributed by atoms with van der Waals surface area (Å²) in [5.74, 6) is 0.819. The quantitative estimate of drug-likeness (QED) is 0.879. The monoisotopic (exact) mass is 247 g/mol. The summed E-state index contributed by atoms with van der Waals surface area (Å²) < 4.78 is 15.8. The molecule has 18 heavy (non-hydrogen) atoms. The van der Waals surface area contributed by atoms with Gasteiger partial charge in [0.1, 0.15) is 11.6 Å². The lowest BCUT2D eigenvalue weighted by atomic mass is 10.1. The molecule has 0 aliphatic rings. The van der Waals surface area contributed by atoms with E-state index < -0.39 is 0 Å². The first kappa shape index (κ1) is 12.8. The molecule has 96 valence electrons. The number of nitrogens with zero attached hydrogens (tertiary/aromatic N) is 2. The van der Waals surface area contributed by atoms with E-state index in [9.17, 15) is 4.39 Å². The summed E-state index contributed by atoms with van der Waals surface area (Å²) in [5, 5.41) is 3.07. The molecule has 0 amide bonds. The topological polar surface area (TPSA) is 29.9 Å². The van der Waals surface area contributed by atoms with Crippen LogP contribution in [0.3, 0.4) is 0 Å². The number of halogens is 1. The first-order valence-electron chi connectivity index (χ1n) is 6.16. The van der Waals surface area contributed by atoms with E-state index in [2.05, 4.69) is 10.3 Å². The number of hydrogen-bond acceptors (Lipinski definition) is 2. The Morgan fingerprint density at radius 2 is 2.22 bits per heavy atom. The summed E-state index contributed by atoms with van der Waals surface area (Å²) in [6.45, 7) is 3.33. The molecule has 0 radical (unpaired) electrons. The van der Waals surface area contributed by atoms with Crippen LogP contribution in [-0.2, 0) is 19.5 Å². The number of rotatable bonds is 5. The smallest absolute Gasteiger partial charge is 0.128 e. The van der Waals surface area contributed by atoms with E-state index in [4.69, 9.17) is 0 Å². The summed E-state index contributed by atoms with van der Waals surface area (Å²) in [4.78, 5) is 4.25. The molecule has 0 atom stereocenters. The standard InChI is InChI=1S/C14H18FN3/c1-3-14-17-6-7-18(14)10-12-8-11(9-16-2)4-5-13(12)15/h4-8,16H,3,9-10H2,1-2H3. The van der Waals surface area contributed by atoms with Gasteiger partial charge in [-0.2, -0.15) is 0 Å². The maximum atomic E-state index is 13.8. The van der Waals surface area contributed by atoms with Crippen molar-refractivity contribution in [3.63, 3.8) is 0 Å². The fourth-order valence-corrected chi connectivity index (χ4v) is 2.05. The van der Waals surface area contributed by atoms with Crippen LogP contribution in [0.1, 0.15) is 23.9 Å². The zero-order valence-electron chi connectivity index (χ0n) is 10.8. The number of nitrogens with one attached hydrogen (secondary N) is 1. The summed E-state index contributed by atoms with van der Waals surface area (Å²) >= 11 is 0. The lowest BCUT2D eigenvalue weighted by Crippen LogP contribution is -2.08. The molecule has 4 heteroatoms. The third-order valence-electron chi connectivity index (χ3n) is 2.95. The van der Waals surface area contributed by atoms with E-state index in [0.29, 0.717) is 12.1 Å². The summed E-state index contributed by atoms with van der Waals surface area (Å²) in [6, 6.07) is 5.25. The highest BCUT2D eigenvalue weighted by atomic mass is 19.1. The van der Waals surface area contributed by atoms with Crippen molar-refractivity contribution in [3.8, 4) is 0 Å². The molecule has 2 rings (SSSR count). The lowest BCUT2D eigenvalue weighted by molar-refractivity contribution is 0.593. The van der Waals surface area contributed by atoms with Crippen LogP contribution in [0.5, 0.6) is 0 Å². The molecule has 2 aromatic rings. The normalized spacial score (nSPS) is 10.8. The minimum atomic E-state index is -0.161. The van der Waals surface area contributed by atoms with Crippen molar-refractivity contribution in [2.75, 3.05) is 7.05 Å². The highest BCUT2D eigenvalue weighted by molar-refractivity contribution is 5.25. The van der Waals surface area contributed by atoms with Crippen LogP contribution in [0.2, 0.25) is 0 Å². The van der Waals surface area contributed by atoms with E-state index in [-0.39, 0.29) is 5.82 Å². The van der Waals surface area contributed by atoms with Gasteiger partial charge in [-0.25, -0.2) is 9.37 Å². The highest BCUT2D eigenvalue weighted by Crippen LogP contribution is 2.13. The second kappa shape index (κ2) is 5.78. The van der Waals surface area contributed by atoms with Gasteiger partial charge in [-0.3, -0.25) is 0 Å². The van der Waals surface area contributed by atoms with Gasteiger partial charge in [0, 0.05) is 30.9 Å². The van der Waals surface area contributed by atoms with Crippen LogP contribution in [0.15, 0.2) is 30.6 Å². The summed E-state index contributed by atoms with van der Waals surface area (Å²) in [5.41, 5.74) is 1.79. The molecule has 1 heterocycles. The van der Waals surface area contributed by atoms with Gasteiger partial charge >= 0.3 is 0 Å². The van der Waals surface area contributed by atoms with Gasteiger partial charge in [0.05, 0.1) is 6.54 Å². The molecule has 0 fully saturated rings. The Morgan fingerprint density at radius 1 is 1.39 bits per heavy atom. The third-order valence-corrected chi connectivity index (χ3v) is 2.95. The first-order chi connectivity index (χ1) is 8.74. The molecule has 1 aromatic carbocycles. The second-order valence-electron chi connectivity index (χ2n) is 4.28. The SMILES string of the molecule is CCc1nccn1Cc1cc(CNC)ccc1F. The largest absolute Gasteiger partial charge is 0.330 e. The number of aromatic nitrogens is 2. The zero-order chi connectivity index (χ0) is 13.0. The lowest BCUT2D eigenvalue weighted by Gasteiger charge is -2.09. The van der Waals surface area contributed by atoms with E-state index in [1.165, 1.54) is 6.07 Å². The Labute approximate surface area is 107 Å². The fourth-order valence-electron chi connectivity index (χ4n) is 2.05. The maximum Gasteiger partial charge on any atom is 0.128 e. The average Bonchev–Trinajstić information content (AvgIpc) is 2.81. The predicted octanol–water partition coefficient (Wildman–Crippen LogP) is 2.35. The Bertz CT molecular complexity index is 520. The number of imidazole rings is 1. The van der Waals surface area contributed by atoms with Crippen molar-refractivity contribution in [1.29, 1.82) is 0 Å². The number of aryl methyl sites for hydroxylation is 1. The Balaban J connectivity index is 2.25. The highest BCUT2D eigenvalue weighted by Gasteiger charge is 2.07. The third kappa shape index (κ3) is 2.76. The van der Waals surface area contributed by atoms with E-state index in [1.807, 2.05) is 36.9 Å². The number of hydrogen-bond donors (Lipinski definition) is 1. The van der Waals surface area contributed by atoms with Gasteiger partial charge < -0.3 is 9.88 Å². The van der Waals surface area contributed by atoms with Crippen LogP contribution in [0.4, 0.5) is 4.39 Å². The van der Waals surface area contributed by atoms with Crippen LogP contribution in [0, 0.1) is 5.82 Å². The Hall–Kier alpha value is -1.68. The molecule has 0 aliphatic heterocycles. The van der Waals surface area contributed by atoms with Crippen LogP contribution >= 0.6 is 0 Å². The molecule has 0 aliphatic carbocycles. The summed E-state index contributed by atoms with van der Waals surface area (Å²) in [7, 11) is 1.88. The summed E-state index contributed by atoms with van der Waals surface area (Å²) in [6.07, 6.45) is 4.50. The first-order valence-corrected chi connectivity index (χ1v) is 6.16. The Morgan fingerprint density at radius 3 is 2.94 bits per heavy atom. The number of benzene rings is 1. The van der Waals surface area contributed by atoms with Crippen LogP contribution in [-0.4, -0.2) is 16.6 Å².